The lowest BCUT2D eigenvalue weighted by atomic mass is 9.91. The standard InChI is InChI=1S/C6H9N/c1-2-6-4(1)5(6)3-7-6/h4-5,7H,1-3H2. The normalized spacial score (nSPS) is 72.0. The van der Waals surface area contributed by atoms with Crippen LogP contribution in [0.3, 0.4) is 0 Å². The maximum absolute atomic E-state index is 3.50. The van der Waals surface area contributed by atoms with Crippen LogP contribution in [0.25, 0.3) is 0 Å². The van der Waals surface area contributed by atoms with Crippen LogP contribution < -0.4 is 5.32 Å². The van der Waals surface area contributed by atoms with Gasteiger partial charge in [0.2, 0.25) is 0 Å². The van der Waals surface area contributed by atoms with E-state index in [0.29, 0.717) is 0 Å². The van der Waals surface area contributed by atoms with Crippen molar-refractivity contribution in [3.8, 4) is 0 Å². The summed E-state index contributed by atoms with van der Waals surface area (Å²) in [6.45, 7) is 1.34. The summed E-state index contributed by atoms with van der Waals surface area (Å²) >= 11 is 0. The third kappa shape index (κ3) is 0.139. The van der Waals surface area contributed by atoms with E-state index in [2.05, 4.69) is 5.32 Å². The SMILES string of the molecule is C1CC23NCC2C13. The predicted molar refractivity (Wildman–Crippen MR) is 26.9 cm³/mol. The van der Waals surface area contributed by atoms with E-state index >= 15 is 0 Å². The minimum Gasteiger partial charge on any atom is -0.310 e. The van der Waals surface area contributed by atoms with Crippen LogP contribution in [0.5, 0.6) is 0 Å². The molecule has 3 fully saturated rings. The molecule has 3 rings (SSSR count). The first-order valence-corrected chi connectivity index (χ1v) is 3.18. The zero-order valence-corrected chi connectivity index (χ0v) is 4.28. The van der Waals surface area contributed by atoms with Crippen LogP contribution in [-0.2, 0) is 0 Å². The summed E-state index contributed by atoms with van der Waals surface area (Å²) in [7, 11) is 0. The van der Waals surface area contributed by atoms with E-state index < -0.39 is 0 Å². The zero-order valence-electron chi connectivity index (χ0n) is 4.28. The topological polar surface area (TPSA) is 12.0 Å². The van der Waals surface area contributed by atoms with Crippen molar-refractivity contribution in [3.05, 3.63) is 0 Å². The van der Waals surface area contributed by atoms with Gasteiger partial charge in [0.15, 0.2) is 0 Å². The first kappa shape index (κ1) is 3.08. The summed E-state index contributed by atoms with van der Waals surface area (Å²) < 4.78 is 0. The van der Waals surface area contributed by atoms with Crippen LogP contribution in [0.15, 0.2) is 0 Å². The second-order valence-electron chi connectivity index (χ2n) is 3.17. The van der Waals surface area contributed by atoms with Gasteiger partial charge in [0, 0.05) is 12.1 Å². The average Bonchev–Trinajstić information content (AvgIpc) is 1.75. The van der Waals surface area contributed by atoms with Crippen LogP contribution in [0.4, 0.5) is 0 Å². The van der Waals surface area contributed by atoms with E-state index in [1.165, 1.54) is 19.4 Å². The van der Waals surface area contributed by atoms with Gasteiger partial charge < -0.3 is 5.32 Å². The predicted octanol–water partition coefficient (Wildman–Crippen LogP) is 0.368. The molecule has 3 aliphatic rings. The number of hydrogen-bond donors (Lipinski definition) is 1. The largest absolute Gasteiger partial charge is 0.310 e. The van der Waals surface area contributed by atoms with Gasteiger partial charge >= 0.3 is 0 Å². The van der Waals surface area contributed by atoms with Crippen molar-refractivity contribution in [3.63, 3.8) is 0 Å². The summed E-state index contributed by atoms with van der Waals surface area (Å²) in [4.78, 5) is 0. The van der Waals surface area contributed by atoms with Crippen LogP contribution >= 0.6 is 0 Å². The lowest BCUT2D eigenvalue weighted by Crippen LogP contribution is -2.48. The highest BCUT2D eigenvalue weighted by atomic mass is 15.2. The minimum atomic E-state index is 0.778. The van der Waals surface area contributed by atoms with Crippen LogP contribution in [0.1, 0.15) is 12.8 Å². The second kappa shape index (κ2) is 0.576. The third-order valence-corrected chi connectivity index (χ3v) is 3.22. The van der Waals surface area contributed by atoms with Gasteiger partial charge in [-0.2, -0.15) is 0 Å². The van der Waals surface area contributed by atoms with Gasteiger partial charge in [0.05, 0.1) is 0 Å². The smallest absolute Gasteiger partial charge is 0.0257 e. The fourth-order valence-corrected chi connectivity index (χ4v) is 2.46. The summed E-state index contributed by atoms with van der Waals surface area (Å²) in [6.07, 6.45) is 3.01. The van der Waals surface area contributed by atoms with E-state index in [1.54, 1.807) is 0 Å². The Morgan fingerprint density at radius 3 is 2.43 bits per heavy atom. The summed E-state index contributed by atoms with van der Waals surface area (Å²) in [5, 5.41) is 3.50. The van der Waals surface area contributed by atoms with Crippen molar-refractivity contribution in [1.82, 2.24) is 5.32 Å². The molecule has 1 heterocycles. The zero-order chi connectivity index (χ0) is 4.48. The highest BCUT2D eigenvalue weighted by Gasteiger charge is 2.75. The Morgan fingerprint density at radius 2 is 2.43 bits per heavy atom. The number of nitrogens with one attached hydrogen (secondary N) is 1. The molecule has 38 valence electrons. The molecule has 1 spiro atoms. The molecule has 2 aliphatic carbocycles. The first-order valence-electron chi connectivity index (χ1n) is 3.18. The Kier molecular flexibility index (Phi) is 0.253. The monoisotopic (exact) mass is 95.1 g/mol. The highest BCUT2D eigenvalue weighted by molar-refractivity contribution is 5.31. The molecule has 0 aromatic heterocycles. The van der Waals surface area contributed by atoms with Crippen LogP contribution in [-0.4, -0.2) is 12.1 Å². The molecule has 0 aromatic carbocycles. The molecule has 0 bridgehead atoms. The van der Waals surface area contributed by atoms with E-state index in [4.69, 9.17) is 0 Å². The molecule has 2 saturated carbocycles. The molecule has 1 N–H and O–H groups in total. The van der Waals surface area contributed by atoms with E-state index in [-0.39, 0.29) is 0 Å². The summed E-state index contributed by atoms with van der Waals surface area (Å²) in [5.74, 6) is 2.29. The van der Waals surface area contributed by atoms with Gasteiger partial charge in [-0.05, 0) is 24.7 Å². The molecule has 0 radical (unpaired) electrons. The van der Waals surface area contributed by atoms with Crippen molar-refractivity contribution in [1.29, 1.82) is 0 Å². The maximum Gasteiger partial charge on any atom is 0.0257 e. The van der Waals surface area contributed by atoms with Crippen molar-refractivity contribution < 1.29 is 0 Å². The van der Waals surface area contributed by atoms with Gasteiger partial charge in [0.25, 0.3) is 0 Å². The minimum absolute atomic E-state index is 0.778. The fraction of sp³-hybridized carbons (Fsp3) is 1.00. The molecule has 1 heteroatoms. The molecule has 3 atom stereocenters. The Bertz CT molecular complexity index is 114. The molecule has 0 aromatic rings. The van der Waals surface area contributed by atoms with Gasteiger partial charge in [-0.3, -0.25) is 0 Å². The molecule has 1 aliphatic heterocycles. The average molecular weight is 95.1 g/mol. The second-order valence-corrected chi connectivity index (χ2v) is 3.17. The van der Waals surface area contributed by atoms with Crippen LogP contribution in [0, 0.1) is 11.8 Å². The van der Waals surface area contributed by atoms with E-state index in [9.17, 15) is 0 Å². The van der Waals surface area contributed by atoms with Gasteiger partial charge in [0.1, 0.15) is 0 Å². The Hall–Kier alpha value is -0.0400. The molecule has 7 heavy (non-hydrogen) atoms. The maximum atomic E-state index is 3.50. The van der Waals surface area contributed by atoms with E-state index in [0.717, 1.165) is 17.4 Å². The van der Waals surface area contributed by atoms with Gasteiger partial charge in [-0.25, -0.2) is 0 Å². The molecule has 1 nitrogen and oxygen atoms in total. The lowest BCUT2D eigenvalue weighted by Gasteiger charge is -2.31. The molecular weight excluding hydrogens is 86.1 g/mol. The Balaban J connectivity index is 2.08. The highest BCUT2D eigenvalue weighted by Crippen LogP contribution is 2.69. The molecule has 1 saturated heterocycles. The van der Waals surface area contributed by atoms with Crippen molar-refractivity contribution in [2.75, 3.05) is 6.54 Å². The van der Waals surface area contributed by atoms with Gasteiger partial charge in [-0.1, -0.05) is 0 Å². The van der Waals surface area contributed by atoms with E-state index in [1.807, 2.05) is 0 Å². The molecular formula is C6H9N. The van der Waals surface area contributed by atoms with Crippen molar-refractivity contribution >= 4 is 0 Å². The Morgan fingerprint density at radius 1 is 1.43 bits per heavy atom. The molecule has 3 unspecified atom stereocenters. The number of hydrogen-bond acceptors (Lipinski definition) is 1. The quantitative estimate of drug-likeness (QED) is 0.458. The fourth-order valence-electron chi connectivity index (χ4n) is 2.46. The molecule has 0 amide bonds. The summed E-state index contributed by atoms with van der Waals surface area (Å²) in [6, 6.07) is 0. The Labute approximate surface area is 43.1 Å². The van der Waals surface area contributed by atoms with Crippen LogP contribution in [0.2, 0.25) is 0 Å². The first-order chi connectivity index (χ1) is 3.43. The number of rotatable bonds is 0. The third-order valence-electron chi connectivity index (χ3n) is 3.22. The number of fused-ring (bicyclic) bond motifs is 1. The summed E-state index contributed by atoms with van der Waals surface area (Å²) in [5.41, 5.74) is 0.778. The van der Waals surface area contributed by atoms with Gasteiger partial charge in [-0.15, -0.1) is 0 Å². The van der Waals surface area contributed by atoms with Crippen molar-refractivity contribution in [2.24, 2.45) is 11.8 Å². The van der Waals surface area contributed by atoms with Crippen molar-refractivity contribution in [2.45, 2.75) is 18.4 Å². The lowest BCUT2D eigenvalue weighted by molar-refractivity contribution is 0.280.